The van der Waals surface area contributed by atoms with Crippen molar-refractivity contribution in [3.63, 3.8) is 0 Å². The van der Waals surface area contributed by atoms with Gasteiger partial charge in [0.15, 0.2) is 0 Å². The summed E-state index contributed by atoms with van der Waals surface area (Å²) in [4.78, 5) is 27.3. The molecule has 3 aromatic carbocycles. The van der Waals surface area contributed by atoms with Gasteiger partial charge in [0.05, 0.1) is 16.2 Å². The lowest BCUT2D eigenvalue weighted by molar-refractivity contribution is -0.137. The van der Waals surface area contributed by atoms with Crippen LogP contribution < -0.4 is 10.1 Å². The summed E-state index contributed by atoms with van der Waals surface area (Å²) in [5.74, 6) is -0.674. The number of benzene rings is 3. The molecule has 0 radical (unpaired) electrons. The Hall–Kier alpha value is -3.63. The molecule has 4 rings (SSSR count). The average molecular weight is 543 g/mol. The number of hydrogen-bond donors (Lipinski definition) is 1. The van der Waals surface area contributed by atoms with Gasteiger partial charge in [0.2, 0.25) is 5.91 Å². The highest BCUT2D eigenvalue weighted by Crippen LogP contribution is 2.36. The lowest BCUT2D eigenvalue weighted by atomic mass is 10.1. The van der Waals surface area contributed by atoms with Crippen LogP contribution >= 0.6 is 24.0 Å². The van der Waals surface area contributed by atoms with Crippen LogP contribution in [0.25, 0.3) is 6.08 Å². The molecule has 0 spiro atoms. The molecule has 0 bridgehead atoms. The lowest BCUT2D eigenvalue weighted by Crippen LogP contribution is -2.44. The summed E-state index contributed by atoms with van der Waals surface area (Å²) < 4.78 is 45.8. The van der Waals surface area contributed by atoms with E-state index in [4.69, 9.17) is 17.0 Å². The van der Waals surface area contributed by atoms with Gasteiger partial charge in [0.25, 0.3) is 5.91 Å². The molecule has 5 nitrogen and oxygen atoms in total. The van der Waals surface area contributed by atoms with Gasteiger partial charge in [-0.15, -0.1) is 0 Å². The van der Waals surface area contributed by atoms with Gasteiger partial charge >= 0.3 is 6.18 Å². The molecule has 0 aliphatic carbocycles. The van der Waals surface area contributed by atoms with E-state index in [0.29, 0.717) is 22.8 Å². The van der Waals surface area contributed by atoms with Crippen LogP contribution in [0.4, 0.5) is 18.9 Å². The van der Waals surface area contributed by atoms with E-state index in [0.717, 1.165) is 34.4 Å². The van der Waals surface area contributed by atoms with Gasteiger partial charge in [0.1, 0.15) is 22.7 Å². The maximum atomic E-state index is 13.3. The van der Waals surface area contributed by atoms with Crippen molar-refractivity contribution in [3.05, 3.63) is 100 Å². The molecule has 3 aromatic rings. The van der Waals surface area contributed by atoms with Gasteiger partial charge in [0, 0.05) is 0 Å². The highest BCUT2D eigenvalue weighted by Gasteiger charge is 2.39. The minimum atomic E-state index is -4.64. The number of amides is 2. The molecule has 1 aliphatic rings. The molecule has 10 heteroatoms. The zero-order chi connectivity index (χ0) is 26.6. The van der Waals surface area contributed by atoms with Crippen LogP contribution in [0.1, 0.15) is 23.6 Å². The standard InChI is InChI=1S/C27H21F3N2O3S2/c1-17(24(33)31-22-13-6-5-12-21(22)27(28,29)30)32-25(34)23(37-26(32)36)15-19-10-7-11-20(14-19)35-16-18-8-3-2-4-9-18/h2-15,17H,16H2,1H3,(H,31,33)/b23-15-. The van der Waals surface area contributed by atoms with Crippen LogP contribution in [-0.4, -0.2) is 27.1 Å². The lowest BCUT2D eigenvalue weighted by Gasteiger charge is -2.23. The van der Waals surface area contributed by atoms with Crippen LogP contribution in [0.2, 0.25) is 0 Å². The van der Waals surface area contributed by atoms with Crippen molar-refractivity contribution < 1.29 is 27.5 Å². The first kappa shape index (κ1) is 26.4. The van der Waals surface area contributed by atoms with E-state index in [-0.39, 0.29) is 10.0 Å². The number of anilines is 1. The zero-order valence-corrected chi connectivity index (χ0v) is 21.1. The number of para-hydroxylation sites is 1. The normalized spacial score (nSPS) is 15.7. The van der Waals surface area contributed by atoms with Gasteiger partial charge in [-0.25, -0.2) is 0 Å². The predicted molar refractivity (Wildman–Crippen MR) is 142 cm³/mol. The number of ether oxygens (including phenoxy) is 1. The molecule has 1 atom stereocenters. The number of thiocarbonyl (C=S) groups is 1. The Morgan fingerprint density at radius 3 is 2.51 bits per heavy atom. The Labute approximate surface area is 221 Å². The Morgan fingerprint density at radius 1 is 1.08 bits per heavy atom. The number of rotatable bonds is 7. The Bertz CT molecular complexity index is 1360. The largest absolute Gasteiger partial charge is 0.489 e. The monoisotopic (exact) mass is 542 g/mol. The maximum absolute atomic E-state index is 13.3. The summed E-state index contributed by atoms with van der Waals surface area (Å²) in [6, 6.07) is 20.4. The van der Waals surface area contributed by atoms with Crippen LogP contribution in [0.3, 0.4) is 0 Å². The smallest absolute Gasteiger partial charge is 0.418 e. The molecule has 1 aliphatic heterocycles. The molecule has 1 unspecified atom stereocenters. The summed E-state index contributed by atoms with van der Waals surface area (Å²) in [7, 11) is 0. The van der Waals surface area contributed by atoms with Gasteiger partial charge in [-0.05, 0) is 48.4 Å². The SMILES string of the molecule is CC(C(=O)Nc1ccccc1C(F)(F)F)N1C(=O)/C(=C/c2cccc(OCc3ccccc3)c2)SC1=S. The van der Waals surface area contributed by atoms with Crippen molar-refractivity contribution in [3.8, 4) is 5.75 Å². The fraction of sp³-hybridized carbons (Fsp3) is 0.148. The number of nitrogens with one attached hydrogen (secondary N) is 1. The summed E-state index contributed by atoms with van der Waals surface area (Å²) in [5, 5.41) is 2.28. The molecular weight excluding hydrogens is 521 g/mol. The molecule has 0 aromatic heterocycles. The van der Waals surface area contributed by atoms with Crippen molar-refractivity contribution in [2.45, 2.75) is 25.7 Å². The fourth-order valence-corrected chi connectivity index (χ4v) is 5.01. The molecule has 1 saturated heterocycles. The number of alkyl halides is 3. The van der Waals surface area contributed by atoms with Gasteiger partial charge < -0.3 is 10.1 Å². The van der Waals surface area contributed by atoms with Gasteiger partial charge in [-0.2, -0.15) is 13.2 Å². The minimum Gasteiger partial charge on any atom is -0.489 e. The van der Waals surface area contributed by atoms with E-state index in [9.17, 15) is 22.8 Å². The van der Waals surface area contributed by atoms with Crippen molar-refractivity contribution >= 4 is 51.9 Å². The topological polar surface area (TPSA) is 58.6 Å². The molecule has 1 fully saturated rings. The number of halogens is 3. The third-order valence-corrected chi connectivity index (χ3v) is 6.82. The maximum Gasteiger partial charge on any atom is 0.418 e. The summed E-state index contributed by atoms with van der Waals surface area (Å²) in [5.41, 5.74) is 0.344. The van der Waals surface area contributed by atoms with E-state index >= 15 is 0 Å². The Kier molecular flexibility index (Phi) is 7.99. The predicted octanol–water partition coefficient (Wildman–Crippen LogP) is 6.51. The van der Waals surface area contributed by atoms with Gasteiger partial charge in [-0.1, -0.05) is 78.6 Å². The van der Waals surface area contributed by atoms with E-state index in [2.05, 4.69) is 5.32 Å². The quantitative estimate of drug-likeness (QED) is 0.272. The first-order chi connectivity index (χ1) is 17.6. The zero-order valence-electron chi connectivity index (χ0n) is 19.5. The third-order valence-electron chi connectivity index (χ3n) is 5.48. The van der Waals surface area contributed by atoms with Gasteiger partial charge in [-0.3, -0.25) is 14.5 Å². The second-order valence-electron chi connectivity index (χ2n) is 8.11. The van der Waals surface area contributed by atoms with Crippen LogP contribution in [0, 0.1) is 0 Å². The van der Waals surface area contributed by atoms with Crippen molar-refractivity contribution in [2.24, 2.45) is 0 Å². The van der Waals surface area contributed by atoms with E-state index in [1.165, 1.54) is 19.1 Å². The van der Waals surface area contributed by atoms with E-state index < -0.39 is 29.6 Å². The summed E-state index contributed by atoms with van der Waals surface area (Å²) in [6.07, 6.45) is -3.00. The summed E-state index contributed by atoms with van der Waals surface area (Å²) >= 11 is 6.34. The van der Waals surface area contributed by atoms with Crippen LogP contribution in [0.5, 0.6) is 5.75 Å². The Morgan fingerprint density at radius 2 is 1.78 bits per heavy atom. The molecule has 1 heterocycles. The number of carbonyl (C=O) groups excluding carboxylic acids is 2. The highest BCUT2D eigenvalue weighted by atomic mass is 32.2. The van der Waals surface area contributed by atoms with Crippen LogP contribution in [-0.2, 0) is 22.4 Å². The number of nitrogens with zero attached hydrogens (tertiary/aromatic N) is 1. The van der Waals surface area contributed by atoms with Crippen molar-refractivity contribution in [1.82, 2.24) is 4.90 Å². The Balaban J connectivity index is 1.46. The first-order valence-electron chi connectivity index (χ1n) is 11.1. The fourth-order valence-electron chi connectivity index (χ4n) is 3.59. The van der Waals surface area contributed by atoms with Crippen LogP contribution in [0.15, 0.2) is 83.8 Å². The minimum absolute atomic E-state index is 0.138. The molecule has 2 amide bonds. The second-order valence-corrected chi connectivity index (χ2v) is 9.78. The molecular formula is C27H21F3N2O3S2. The third kappa shape index (κ3) is 6.39. The number of thioether (sulfide) groups is 1. The molecule has 190 valence electrons. The summed E-state index contributed by atoms with van der Waals surface area (Å²) in [6.45, 7) is 1.80. The highest BCUT2D eigenvalue weighted by molar-refractivity contribution is 8.26. The molecule has 37 heavy (non-hydrogen) atoms. The average Bonchev–Trinajstić information content (AvgIpc) is 3.15. The first-order valence-corrected chi connectivity index (χ1v) is 12.4. The number of carbonyl (C=O) groups is 2. The molecule has 0 saturated carbocycles. The molecule has 1 N–H and O–H groups in total. The van der Waals surface area contributed by atoms with E-state index in [1.807, 2.05) is 30.3 Å². The van der Waals surface area contributed by atoms with E-state index in [1.54, 1.807) is 30.3 Å². The number of hydrogen-bond acceptors (Lipinski definition) is 5. The van der Waals surface area contributed by atoms with Crippen molar-refractivity contribution in [2.75, 3.05) is 5.32 Å². The van der Waals surface area contributed by atoms with Crippen molar-refractivity contribution in [1.29, 1.82) is 0 Å². The second kappa shape index (κ2) is 11.2.